The van der Waals surface area contributed by atoms with Crippen LogP contribution in [0.5, 0.6) is 0 Å². The summed E-state index contributed by atoms with van der Waals surface area (Å²) in [6.07, 6.45) is 5.89. The first-order valence-electron chi connectivity index (χ1n) is 5.87. The lowest BCUT2D eigenvalue weighted by molar-refractivity contribution is 0.183. The van der Waals surface area contributed by atoms with Gasteiger partial charge in [0.15, 0.2) is 0 Å². The number of fused-ring (bicyclic) bond motifs is 2. The molecule has 2 bridgehead atoms. The number of halogens is 1. The lowest BCUT2D eigenvalue weighted by Gasteiger charge is -2.37. The highest BCUT2D eigenvalue weighted by Gasteiger charge is 2.61. The van der Waals surface area contributed by atoms with Crippen molar-refractivity contribution >= 4 is 26.0 Å². The third-order valence-electron chi connectivity index (χ3n) is 4.85. The SMILES string of the molecule is CC1(C)[C@@H]2CC[C@@]1(CBr)/C(=C/OS(C)(=O)=O)C2. The van der Waals surface area contributed by atoms with Gasteiger partial charge < -0.3 is 4.18 Å². The van der Waals surface area contributed by atoms with Gasteiger partial charge in [-0.05, 0) is 36.2 Å². The average Bonchev–Trinajstić information content (AvgIpc) is 2.59. The largest absolute Gasteiger partial charge is 0.391 e. The molecular formula is C12H19BrO3S. The monoisotopic (exact) mass is 322 g/mol. The molecule has 0 aliphatic heterocycles. The Hall–Kier alpha value is -0.0300. The van der Waals surface area contributed by atoms with Crippen molar-refractivity contribution in [3.8, 4) is 0 Å². The van der Waals surface area contributed by atoms with E-state index in [9.17, 15) is 8.42 Å². The fraction of sp³-hybridized carbons (Fsp3) is 0.833. The first-order valence-corrected chi connectivity index (χ1v) is 8.80. The second-order valence-electron chi connectivity index (χ2n) is 5.82. The topological polar surface area (TPSA) is 43.4 Å². The molecule has 3 nitrogen and oxygen atoms in total. The van der Waals surface area contributed by atoms with E-state index in [1.807, 2.05) is 0 Å². The van der Waals surface area contributed by atoms with Crippen molar-refractivity contribution in [3.05, 3.63) is 11.8 Å². The zero-order valence-electron chi connectivity index (χ0n) is 10.5. The van der Waals surface area contributed by atoms with Crippen molar-refractivity contribution in [3.63, 3.8) is 0 Å². The molecule has 2 aliphatic carbocycles. The van der Waals surface area contributed by atoms with E-state index in [0.717, 1.165) is 30.0 Å². The summed E-state index contributed by atoms with van der Waals surface area (Å²) in [6.45, 7) is 4.57. The summed E-state index contributed by atoms with van der Waals surface area (Å²) in [7, 11) is -3.39. The number of rotatable bonds is 3. The highest BCUT2D eigenvalue weighted by atomic mass is 79.9. The predicted octanol–water partition coefficient (Wildman–Crippen LogP) is 3.07. The molecule has 2 aliphatic rings. The van der Waals surface area contributed by atoms with E-state index in [4.69, 9.17) is 4.18 Å². The molecule has 0 heterocycles. The zero-order chi connectivity index (χ0) is 12.9. The molecule has 5 heteroatoms. The summed E-state index contributed by atoms with van der Waals surface area (Å²) in [6, 6.07) is 0. The number of alkyl halides is 1. The van der Waals surface area contributed by atoms with Crippen LogP contribution in [-0.2, 0) is 14.3 Å². The molecule has 2 atom stereocenters. The maximum atomic E-state index is 11.1. The second-order valence-corrected chi connectivity index (χ2v) is 7.98. The van der Waals surface area contributed by atoms with Crippen molar-refractivity contribution in [2.24, 2.45) is 16.7 Å². The Morgan fingerprint density at radius 3 is 2.65 bits per heavy atom. The first-order chi connectivity index (χ1) is 7.73. The van der Waals surface area contributed by atoms with Crippen molar-refractivity contribution < 1.29 is 12.6 Å². The van der Waals surface area contributed by atoms with Gasteiger partial charge in [-0.1, -0.05) is 29.8 Å². The smallest absolute Gasteiger partial charge is 0.305 e. The summed E-state index contributed by atoms with van der Waals surface area (Å²) < 4.78 is 27.0. The number of hydrogen-bond acceptors (Lipinski definition) is 3. The van der Waals surface area contributed by atoms with Gasteiger partial charge in [-0.25, -0.2) is 0 Å². The van der Waals surface area contributed by atoms with Gasteiger partial charge in [-0.15, -0.1) is 0 Å². The van der Waals surface area contributed by atoms with Crippen molar-refractivity contribution in [1.29, 1.82) is 0 Å². The molecule has 0 aromatic rings. The normalized spacial score (nSPS) is 37.6. The van der Waals surface area contributed by atoms with Crippen LogP contribution < -0.4 is 0 Å². The van der Waals surface area contributed by atoms with Crippen LogP contribution in [0.4, 0.5) is 0 Å². The van der Waals surface area contributed by atoms with Crippen molar-refractivity contribution in [1.82, 2.24) is 0 Å². The Morgan fingerprint density at radius 2 is 2.18 bits per heavy atom. The summed E-state index contributed by atoms with van der Waals surface area (Å²) >= 11 is 3.61. The molecule has 2 rings (SSSR count). The van der Waals surface area contributed by atoms with Crippen molar-refractivity contribution in [2.75, 3.05) is 11.6 Å². The molecular weight excluding hydrogens is 304 g/mol. The second kappa shape index (κ2) is 3.98. The Bertz CT molecular complexity index is 452. The van der Waals surface area contributed by atoms with Gasteiger partial charge in [0, 0.05) is 10.7 Å². The van der Waals surface area contributed by atoms with Gasteiger partial charge in [0.1, 0.15) is 6.26 Å². The van der Waals surface area contributed by atoms with Crippen LogP contribution in [0.3, 0.4) is 0 Å². The van der Waals surface area contributed by atoms with E-state index in [1.165, 1.54) is 12.7 Å². The summed E-state index contributed by atoms with van der Waals surface area (Å²) in [5, 5.41) is 0.877. The fourth-order valence-corrected chi connectivity index (χ4v) is 5.17. The quantitative estimate of drug-likeness (QED) is 0.455. The molecule has 98 valence electrons. The minimum absolute atomic E-state index is 0.0718. The van der Waals surface area contributed by atoms with Crippen molar-refractivity contribution in [2.45, 2.75) is 33.1 Å². The lowest BCUT2D eigenvalue weighted by atomic mass is 9.69. The molecule has 2 fully saturated rings. The van der Waals surface area contributed by atoms with E-state index < -0.39 is 10.1 Å². The fourth-order valence-electron chi connectivity index (χ4n) is 3.52. The van der Waals surface area contributed by atoms with E-state index >= 15 is 0 Å². The zero-order valence-corrected chi connectivity index (χ0v) is 12.9. The van der Waals surface area contributed by atoms with Crippen LogP contribution in [0, 0.1) is 16.7 Å². The van der Waals surface area contributed by atoms with Gasteiger partial charge in [0.2, 0.25) is 0 Å². The van der Waals surface area contributed by atoms with Crippen LogP contribution in [0.1, 0.15) is 33.1 Å². The van der Waals surface area contributed by atoms with Gasteiger partial charge in [0.25, 0.3) is 0 Å². The highest BCUT2D eigenvalue weighted by Crippen LogP contribution is 2.68. The Morgan fingerprint density at radius 1 is 1.53 bits per heavy atom. The lowest BCUT2D eigenvalue weighted by Crippen LogP contribution is -2.33. The van der Waals surface area contributed by atoms with Crippen LogP contribution in [0.2, 0.25) is 0 Å². The Balaban J connectivity index is 2.34. The highest BCUT2D eigenvalue weighted by molar-refractivity contribution is 9.09. The maximum absolute atomic E-state index is 11.1. The molecule has 17 heavy (non-hydrogen) atoms. The van der Waals surface area contributed by atoms with Crippen LogP contribution in [0.15, 0.2) is 11.8 Å². The molecule has 0 saturated heterocycles. The third-order valence-corrected chi connectivity index (χ3v) is 6.25. The molecule has 0 unspecified atom stereocenters. The predicted molar refractivity (Wildman–Crippen MR) is 71.4 cm³/mol. The maximum Gasteiger partial charge on any atom is 0.305 e. The Kier molecular flexibility index (Phi) is 3.14. The molecule has 0 N–H and O–H groups in total. The molecule has 0 aromatic heterocycles. The Labute approximate surface area is 112 Å². The third kappa shape index (κ3) is 1.95. The van der Waals surface area contributed by atoms with Crippen LogP contribution in [0.25, 0.3) is 0 Å². The minimum Gasteiger partial charge on any atom is -0.391 e. The van der Waals surface area contributed by atoms with Gasteiger partial charge in [-0.3, -0.25) is 0 Å². The van der Waals surface area contributed by atoms with E-state index in [0.29, 0.717) is 5.92 Å². The first kappa shape index (κ1) is 13.4. The van der Waals surface area contributed by atoms with Gasteiger partial charge in [0.05, 0.1) is 6.26 Å². The number of hydrogen-bond donors (Lipinski definition) is 0. The molecule has 0 radical (unpaired) electrons. The summed E-state index contributed by atoms with van der Waals surface area (Å²) in [4.78, 5) is 0. The molecule has 0 amide bonds. The standard InChI is InChI=1S/C12H19BrO3S/c1-11(2)9-4-5-12(11,8-13)10(6-9)7-16-17(3,14)15/h7,9H,4-6,8H2,1-3H3/b10-7+/t9-,12-/m1/s1. The van der Waals surface area contributed by atoms with Gasteiger partial charge >= 0.3 is 10.1 Å². The van der Waals surface area contributed by atoms with E-state index in [2.05, 4.69) is 29.8 Å². The average molecular weight is 323 g/mol. The number of allylic oxidation sites excluding steroid dienone is 1. The summed E-state index contributed by atoms with van der Waals surface area (Å²) in [5.74, 6) is 0.648. The van der Waals surface area contributed by atoms with Gasteiger partial charge in [-0.2, -0.15) is 8.42 Å². The van der Waals surface area contributed by atoms with Crippen LogP contribution in [-0.4, -0.2) is 20.0 Å². The molecule has 2 saturated carbocycles. The van der Waals surface area contributed by atoms with E-state index in [1.54, 1.807) is 0 Å². The molecule has 0 spiro atoms. The molecule has 0 aromatic carbocycles. The minimum atomic E-state index is -3.39. The van der Waals surface area contributed by atoms with E-state index in [-0.39, 0.29) is 10.8 Å². The summed E-state index contributed by atoms with van der Waals surface area (Å²) in [5.41, 5.74) is 1.45. The van der Waals surface area contributed by atoms with Crippen LogP contribution >= 0.6 is 15.9 Å².